The van der Waals surface area contributed by atoms with Crippen LogP contribution in [0.3, 0.4) is 0 Å². The molecule has 0 saturated heterocycles. The van der Waals surface area contributed by atoms with E-state index in [1.165, 1.54) is 11.6 Å². The van der Waals surface area contributed by atoms with Crippen LogP contribution in [0.1, 0.15) is 18.9 Å². The SMILES string of the molecule is CC[C](Cc1ccccc1)N(C)C. The number of hydrogen-bond donors (Lipinski definition) is 0. The second-order valence-corrected chi connectivity index (χ2v) is 3.48. The molecule has 13 heavy (non-hydrogen) atoms. The van der Waals surface area contributed by atoms with Crippen LogP contribution < -0.4 is 0 Å². The lowest BCUT2D eigenvalue weighted by Crippen LogP contribution is -2.20. The minimum atomic E-state index is 1.07. The topological polar surface area (TPSA) is 3.24 Å². The summed E-state index contributed by atoms with van der Waals surface area (Å²) in [6.45, 7) is 2.21. The van der Waals surface area contributed by atoms with Gasteiger partial charge in [0, 0.05) is 6.04 Å². The highest BCUT2D eigenvalue weighted by atomic mass is 15.1. The molecule has 0 saturated carbocycles. The van der Waals surface area contributed by atoms with Gasteiger partial charge in [0.2, 0.25) is 0 Å². The van der Waals surface area contributed by atoms with Crippen LogP contribution in [0.5, 0.6) is 0 Å². The van der Waals surface area contributed by atoms with E-state index in [1.807, 2.05) is 0 Å². The van der Waals surface area contributed by atoms with E-state index in [-0.39, 0.29) is 0 Å². The quantitative estimate of drug-likeness (QED) is 0.682. The van der Waals surface area contributed by atoms with E-state index >= 15 is 0 Å². The third-order valence-electron chi connectivity index (χ3n) is 2.29. The summed E-state index contributed by atoms with van der Waals surface area (Å²) in [4.78, 5) is 2.22. The van der Waals surface area contributed by atoms with Crippen LogP contribution in [-0.2, 0) is 6.42 Å². The molecule has 0 amide bonds. The van der Waals surface area contributed by atoms with Gasteiger partial charge in [-0.05, 0) is 32.5 Å². The molecule has 0 bridgehead atoms. The van der Waals surface area contributed by atoms with Crippen molar-refractivity contribution >= 4 is 0 Å². The lowest BCUT2D eigenvalue weighted by atomic mass is 10.0. The summed E-state index contributed by atoms with van der Waals surface area (Å²) in [6, 6.07) is 12.1. The van der Waals surface area contributed by atoms with E-state index in [0.717, 1.165) is 12.8 Å². The van der Waals surface area contributed by atoms with E-state index in [4.69, 9.17) is 0 Å². The Labute approximate surface area is 81.4 Å². The van der Waals surface area contributed by atoms with Gasteiger partial charge >= 0.3 is 0 Å². The molecular formula is C12H18N. The van der Waals surface area contributed by atoms with Crippen molar-refractivity contribution in [1.82, 2.24) is 4.90 Å². The van der Waals surface area contributed by atoms with Crippen molar-refractivity contribution in [2.45, 2.75) is 19.8 Å². The van der Waals surface area contributed by atoms with E-state index in [1.54, 1.807) is 0 Å². The molecule has 1 rings (SSSR count). The maximum atomic E-state index is 2.22. The average Bonchev–Trinajstić information content (AvgIpc) is 2.15. The normalized spacial score (nSPS) is 11.2. The van der Waals surface area contributed by atoms with Gasteiger partial charge in [0.05, 0.1) is 0 Å². The summed E-state index contributed by atoms with van der Waals surface area (Å²) in [6.07, 6.45) is 2.20. The summed E-state index contributed by atoms with van der Waals surface area (Å²) in [5.41, 5.74) is 1.40. The lowest BCUT2D eigenvalue weighted by molar-refractivity contribution is 0.391. The van der Waals surface area contributed by atoms with Crippen molar-refractivity contribution in [2.24, 2.45) is 0 Å². The van der Waals surface area contributed by atoms with E-state index in [0.29, 0.717) is 0 Å². The van der Waals surface area contributed by atoms with Crippen LogP contribution in [0.15, 0.2) is 30.3 Å². The molecule has 0 heterocycles. The van der Waals surface area contributed by atoms with Gasteiger partial charge in [-0.1, -0.05) is 37.3 Å². The zero-order valence-corrected chi connectivity index (χ0v) is 8.75. The molecular weight excluding hydrogens is 158 g/mol. The Bertz CT molecular complexity index is 228. The molecule has 0 aliphatic carbocycles. The third-order valence-corrected chi connectivity index (χ3v) is 2.29. The van der Waals surface area contributed by atoms with Crippen LogP contribution in [0.4, 0.5) is 0 Å². The molecule has 0 aliphatic heterocycles. The molecule has 0 fully saturated rings. The number of nitrogens with zero attached hydrogens (tertiary/aromatic N) is 1. The van der Waals surface area contributed by atoms with E-state index in [2.05, 4.69) is 56.3 Å². The Morgan fingerprint density at radius 3 is 2.23 bits per heavy atom. The van der Waals surface area contributed by atoms with Crippen molar-refractivity contribution in [2.75, 3.05) is 14.1 Å². The fraction of sp³-hybridized carbons (Fsp3) is 0.417. The molecule has 0 aromatic heterocycles. The highest BCUT2D eigenvalue weighted by Crippen LogP contribution is 2.15. The molecule has 0 unspecified atom stereocenters. The summed E-state index contributed by atoms with van der Waals surface area (Å²) in [5, 5.41) is 0. The first-order chi connectivity index (χ1) is 6.24. The van der Waals surface area contributed by atoms with Gasteiger partial charge in [0.1, 0.15) is 0 Å². The van der Waals surface area contributed by atoms with Crippen molar-refractivity contribution in [3.8, 4) is 0 Å². The number of likely N-dealkylation sites (N-methyl/N-ethyl adjacent to an activating group) is 1. The zero-order valence-electron chi connectivity index (χ0n) is 8.75. The first kappa shape index (κ1) is 10.3. The Hall–Kier alpha value is -0.820. The first-order valence-corrected chi connectivity index (χ1v) is 4.80. The Balaban J connectivity index is 2.57. The number of rotatable bonds is 4. The molecule has 0 aliphatic rings. The fourth-order valence-electron chi connectivity index (χ4n) is 1.43. The predicted octanol–water partition coefficient (Wildman–Crippen LogP) is 2.73. The van der Waals surface area contributed by atoms with Crippen LogP contribution in [-0.4, -0.2) is 19.0 Å². The smallest absolute Gasteiger partial charge is 0.0427 e. The Morgan fingerprint density at radius 2 is 1.77 bits per heavy atom. The van der Waals surface area contributed by atoms with Crippen LogP contribution in [0.2, 0.25) is 0 Å². The van der Waals surface area contributed by atoms with Crippen molar-refractivity contribution in [3.05, 3.63) is 41.9 Å². The summed E-state index contributed by atoms with van der Waals surface area (Å²) in [5.74, 6) is 0. The van der Waals surface area contributed by atoms with Gasteiger partial charge in [0.25, 0.3) is 0 Å². The zero-order chi connectivity index (χ0) is 9.68. The number of benzene rings is 1. The Morgan fingerprint density at radius 1 is 1.15 bits per heavy atom. The maximum absolute atomic E-state index is 2.22. The fourth-order valence-corrected chi connectivity index (χ4v) is 1.43. The average molecular weight is 176 g/mol. The predicted molar refractivity (Wildman–Crippen MR) is 57.4 cm³/mol. The molecule has 0 spiro atoms. The second kappa shape index (κ2) is 5.03. The van der Waals surface area contributed by atoms with Gasteiger partial charge in [0.15, 0.2) is 0 Å². The van der Waals surface area contributed by atoms with Crippen molar-refractivity contribution < 1.29 is 0 Å². The monoisotopic (exact) mass is 176 g/mol. The van der Waals surface area contributed by atoms with Gasteiger partial charge < -0.3 is 4.90 Å². The van der Waals surface area contributed by atoms with Gasteiger partial charge in [-0.25, -0.2) is 0 Å². The van der Waals surface area contributed by atoms with Gasteiger partial charge in [-0.3, -0.25) is 0 Å². The Kier molecular flexibility index (Phi) is 3.97. The first-order valence-electron chi connectivity index (χ1n) is 4.80. The summed E-state index contributed by atoms with van der Waals surface area (Å²) >= 11 is 0. The minimum absolute atomic E-state index is 1.07. The van der Waals surface area contributed by atoms with Crippen LogP contribution >= 0.6 is 0 Å². The molecule has 1 aromatic rings. The van der Waals surface area contributed by atoms with Crippen molar-refractivity contribution in [3.63, 3.8) is 0 Å². The van der Waals surface area contributed by atoms with Crippen LogP contribution in [0, 0.1) is 6.04 Å². The molecule has 1 aromatic carbocycles. The largest absolute Gasteiger partial charge is 0.302 e. The highest BCUT2D eigenvalue weighted by Gasteiger charge is 2.09. The minimum Gasteiger partial charge on any atom is -0.302 e. The van der Waals surface area contributed by atoms with Gasteiger partial charge in [-0.2, -0.15) is 0 Å². The summed E-state index contributed by atoms with van der Waals surface area (Å²) < 4.78 is 0. The van der Waals surface area contributed by atoms with E-state index < -0.39 is 0 Å². The van der Waals surface area contributed by atoms with Crippen LogP contribution in [0.25, 0.3) is 0 Å². The molecule has 1 heteroatoms. The lowest BCUT2D eigenvalue weighted by Gasteiger charge is -2.21. The third kappa shape index (κ3) is 3.19. The standard InChI is InChI=1S/C12H18N/c1-4-12(13(2)3)10-11-8-6-5-7-9-11/h5-9H,4,10H2,1-3H3. The molecule has 0 atom stereocenters. The van der Waals surface area contributed by atoms with E-state index in [9.17, 15) is 0 Å². The van der Waals surface area contributed by atoms with Gasteiger partial charge in [-0.15, -0.1) is 0 Å². The molecule has 1 radical (unpaired) electrons. The molecule has 0 N–H and O–H groups in total. The molecule has 1 nitrogen and oxygen atoms in total. The second-order valence-electron chi connectivity index (χ2n) is 3.48. The summed E-state index contributed by atoms with van der Waals surface area (Å²) in [7, 11) is 4.23. The van der Waals surface area contributed by atoms with Crippen molar-refractivity contribution in [1.29, 1.82) is 0 Å². The molecule has 71 valence electrons. The maximum Gasteiger partial charge on any atom is 0.0427 e. The number of hydrogen-bond acceptors (Lipinski definition) is 1. The highest BCUT2D eigenvalue weighted by molar-refractivity contribution is 5.18.